The molecule has 0 aromatic carbocycles. The van der Waals surface area contributed by atoms with E-state index < -0.39 is 0 Å². The average Bonchev–Trinajstić information content (AvgIpc) is 1.00. The van der Waals surface area contributed by atoms with Crippen molar-refractivity contribution in [1.82, 2.24) is 0 Å². The predicted octanol–water partition coefficient (Wildman–Crippen LogP) is 1.29. The monoisotopic (exact) mass is 158 g/mol. The van der Waals surface area contributed by atoms with Crippen molar-refractivity contribution in [3.63, 3.8) is 0 Å². The van der Waals surface area contributed by atoms with Crippen LogP contribution in [0.2, 0.25) is 0 Å². The zero-order chi connectivity index (χ0) is 2.00. The molecule has 0 nitrogen and oxygen atoms in total. The van der Waals surface area contributed by atoms with Gasteiger partial charge in [-0.3, -0.25) is 0 Å². The van der Waals surface area contributed by atoms with Crippen molar-refractivity contribution >= 4 is 0 Å². The molecule has 0 atom stereocenters. The Kier molecular flexibility index (Phi) is 202. The summed E-state index contributed by atoms with van der Waals surface area (Å²) < 4.78 is 0. The minimum Gasteiger partial charge on any atom is -0.358 e. The van der Waals surface area contributed by atoms with Crippen molar-refractivity contribution in [1.29, 1.82) is 0 Å². The van der Waals surface area contributed by atoms with Gasteiger partial charge in [-0.15, -0.1) is 0 Å². The van der Waals surface area contributed by atoms with Gasteiger partial charge < -0.3 is 14.4 Å². The Balaban J connectivity index is -0.00000000500. The SMILES string of the molecule is [CH2-]C.[CH3-].[Cd+2]. The van der Waals surface area contributed by atoms with Crippen molar-refractivity contribution < 1.29 is 27.3 Å². The molecule has 4 heavy (non-hydrogen) atoms. The molecule has 0 aromatic rings. The van der Waals surface area contributed by atoms with Crippen LogP contribution in [-0.4, -0.2) is 0 Å². The Morgan fingerprint density at radius 3 is 1.25 bits per heavy atom. The maximum Gasteiger partial charge on any atom is 2.00 e. The van der Waals surface area contributed by atoms with Gasteiger partial charge in [0.1, 0.15) is 0 Å². The molecule has 0 rings (SSSR count). The fraction of sp³-hybridized carbons (Fsp3) is 0.333. The Morgan fingerprint density at radius 1 is 1.25 bits per heavy atom. The molecule has 0 amide bonds. The third-order valence-electron chi connectivity index (χ3n) is 0. The van der Waals surface area contributed by atoms with E-state index in [0.717, 1.165) is 0 Å². The average molecular weight is 157 g/mol. The van der Waals surface area contributed by atoms with Crippen LogP contribution < -0.4 is 0 Å². The van der Waals surface area contributed by atoms with Crippen molar-refractivity contribution in [3.8, 4) is 0 Å². The summed E-state index contributed by atoms with van der Waals surface area (Å²) in [7, 11) is 0. The molecule has 0 saturated carbocycles. The smallest absolute Gasteiger partial charge is 0.358 e. The van der Waals surface area contributed by atoms with Gasteiger partial charge >= 0.3 is 27.3 Å². The quantitative estimate of drug-likeness (QED) is 0.366. The molecule has 0 aliphatic rings. The van der Waals surface area contributed by atoms with E-state index in [1.54, 1.807) is 6.92 Å². The molecule has 1 heteroatoms. The fourth-order valence-corrected chi connectivity index (χ4v) is 0. The minimum absolute atomic E-state index is 0. The maximum absolute atomic E-state index is 3.25. The zero-order valence-corrected chi connectivity index (χ0v) is 7.45. The van der Waals surface area contributed by atoms with Crippen LogP contribution in [0.1, 0.15) is 6.92 Å². The van der Waals surface area contributed by atoms with Crippen LogP contribution >= 0.6 is 0 Å². The van der Waals surface area contributed by atoms with Crippen LogP contribution in [-0.2, 0) is 27.3 Å². The van der Waals surface area contributed by atoms with Crippen molar-refractivity contribution in [3.05, 3.63) is 14.4 Å². The standard InChI is InChI=1S/C2H5.CH3.Cd/c1-2;;/h1H2,2H3;1H3;/q2*-1;+2. The first-order chi connectivity index (χ1) is 1.00. The van der Waals surface area contributed by atoms with Crippen molar-refractivity contribution in [2.24, 2.45) is 0 Å². The molecule has 0 fully saturated rings. The summed E-state index contributed by atoms with van der Waals surface area (Å²) in [5.41, 5.74) is 0. The fourth-order valence-electron chi connectivity index (χ4n) is 0. The van der Waals surface area contributed by atoms with Gasteiger partial charge in [-0.2, -0.15) is 6.92 Å². The first-order valence-corrected chi connectivity index (χ1v) is 0.707. The maximum atomic E-state index is 3.25. The Hall–Kier alpha value is 0.922. The molecule has 0 aliphatic carbocycles. The Labute approximate surface area is 48.8 Å². The van der Waals surface area contributed by atoms with Gasteiger partial charge in [-0.25, -0.2) is 0 Å². The van der Waals surface area contributed by atoms with E-state index in [4.69, 9.17) is 0 Å². The van der Waals surface area contributed by atoms with E-state index in [1.165, 1.54) is 0 Å². The Bertz CT molecular complexity index is 3.25. The second-order valence-electron chi connectivity index (χ2n) is 0. The second kappa shape index (κ2) is 39.4. The summed E-state index contributed by atoms with van der Waals surface area (Å²) in [5.74, 6) is 0. The molecular weight excluding hydrogens is 148 g/mol. The van der Waals surface area contributed by atoms with Gasteiger partial charge in [0.25, 0.3) is 0 Å². The molecule has 0 bridgehead atoms. The first-order valence-electron chi connectivity index (χ1n) is 0.707. The Morgan fingerprint density at radius 2 is 1.25 bits per heavy atom. The number of hydrogen-bond acceptors (Lipinski definition) is 0. The van der Waals surface area contributed by atoms with E-state index in [9.17, 15) is 0 Å². The summed E-state index contributed by atoms with van der Waals surface area (Å²) in [6, 6.07) is 0. The van der Waals surface area contributed by atoms with Crippen LogP contribution in [0.25, 0.3) is 0 Å². The second-order valence-corrected chi connectivity index (χ2v) is 0. The molecule has 0 saturated heterocycles. The van der Waals surface area contributed by atoms with Crippen molar-refractivity contribution in [2.75, 3.05) is 0 Å². The molecule has 0 spiro atoms. The van der Waals surface area contributed by atoms with Crippen molar-refractivity contribution in [2.45, 2.75) is 6.92 Å². The summed E-state index contributed by atoms with van der Waals surface area (Å²) >= 11 is 0. The summed E-state index contributed by atoms with van der Waals surface area (Å²) in [5, 5.41) is 0. The molecule has 0 unspecified atom stereocenters. The molecule has 0 radical (unpaired) electrons. The summed E-state index contributed by atoms with van der Waals surface area (Å²) in [4.78, 5) is 0. The number of hydrogen-bond donors (Lipinski definition) is 0. The van der Waals surface area contributed by atoms with E-state index in [1.807, 2.05) is 0 Å². The van der Waals surface area contributed by atoms with Gasteiger partial charge in [0.2, 0.25) is 0 Å². The molecular formula is C3H8Cd. The van der Waals surface area contributed by atoms with E-state index in [0.29, 0.717) is 0 Å². The van der Waals surface area contributed by atoms with Crippen LogP contribution in [0.5, 0.6) is 0 Å². The first kappa shape index (κ1) is 20.5. The van der Waals surface area contributed by atoms with Gasteiger partial charge in [0.15, 0.2) is 0 Å². The van der Waals surface area contributed by atoms with Gasteiger partial charge in [-0.05, 0) is 0 Å². The van der Waals surface area contributed by atoms with Crippen LogP contribution in [0.4, 0.5) is 0 Å². The van der Waals surface area contributed by atoms with Crippen LogP contribution in [0, 0.1) is 14.4 Å². The minimum atomic E-state index is 0. The summed E-state index contributed by atoms with van der Waals surface area (Å²) in [6.45, 7) is 5.00. The zero-order valence-electron chi connectivity index (χ0n) is 3.41. The van der Waals surface area contributed by atoms with Crippen LogP contribution in [0.3, 0.4) is 0 Å². The molecule has 0 aliphatic heterocycles. The molecule has 22 valence electrons. The largest absolute Gasteiger partial charge is 2.00 e. The normalized spacial score (nSPS) is 1.50. The topological polar surface area (TPSA) is 0 Å². The van der Waals surface area contributed by atoms with Crippen LogP contribution in [0.15, 0.2) is 0 Å². The molecule has 0 aromatic heterocycles. The third-order valence-corrected chi connectivity index (χ3v) is 0. The molecule has 0 N–H and O–H groups in total. The predicted molar refractivity (Wildman–Crippen MR) is 17.4 cm³/mol. The van der Waals surface area contributed by atoms with Gasteiger partial charge in [0, 0.05) is 0 Å². The van der Waals surface area contributed by atoms with E-state index >= 15 is 0 Å². The third kappa shape index (κ3) is 12.7. The van der Waals surface area contributed by atoms with Gasteiger partial charge in [-0.1, -0.05) is 0 Å². The summed E-state index contributed by atoms with van der Waals surface area (Å²) in [6.07, 6.45) is 0. The van der Waals surface area contributed by atoms with E-state index in [2.05, 4.69) is 6.92 Å². The van der Waals surface area contributed by atoms with Gasteiger partial charge in [0.05, 0.1) is 0 Å². The van der Waals surface area contributed by atoms with E-state index in [-0.39, 0.29) is 34.7 Å². The molecule has 0 heterocycles. The number of rotatable bonds is 0.